The van der Waals surface area contributed by atoms with Gasteiger partial charge in [-0.25, -0.2) is 0 Å². The first-order valence-corrected chi connectivity index (χ1v) is 15.2. The molecule has 3 atom stereocenters. The molecule has 0 spiro atoms. The molecule has 0 amide bonds. The first-order valence-electron chi connectivity index (χ1n) is 15.2. The molecule has 0 bridgehead atoms. The van der Waals surface area contributed by atoms with E-state index in [1.807, 2.05) is 84.1 Å². The van der Waals surface area contributed by atoms with E-state index in [4.69, 9.17) is 0 Å². The van der Waals surface area contributed by atoms with E-state index in [1.165, 1.54) is 5.57 Å². The fourth-order valence-electron chi connectivity index (χ4n) is 5.74. The van der Waals surface area contributed by atoms with Gasteiger partial charge in [-0.2, -0.15) is 0 Å². The van der Waals surface area contributed by atoms with Crippen molar-refractivity contribution in [1.29, 1.82) is 0 Å². The van der Waals surface area contributed by atoms with Gasteiger partial charge in [0, 0.05) is 29.2 Å². The smallest absolute Gasteiger partial charge is 0.202 e. The normalized spacial score (nSPS) is 25.3. The number of allylic oxidation sites excluding steroid dienone is 15. The van der Waals surface area contributed by atoms with Crippen molar-refractivity contribution in [2.75, 3.05) is 0 Å². The van der Waals surface area contributed by atoms with E-state index >= 15 is 0 Å². The fourth-order valence-corrected chi connectivity index (χ4v) is 5.74. The first kappa shape index (κ1) is 35.5. The van der Waals surface area contributed by atoms with Crippen molar-refractivity contribution in [1.82, 2.24) is 0 Å². The molecule has 2 aliphatic carbocycles. The van der Waals surface area contributed by atoms with Crippen molar-refractivity contribution in [3.05, 3.63) is 94.2 Å². The number of hydrogen-bond donors (Lipinski definition) is 1. The van der Waals surface area contributed by atoms with Gasteiger partial charge >= 0.3 is 0 Å². The zero-order valence-corrected chi connectivity index (χ0v) is 27.9. The predicted octanol–water partition coefficient (Wildman–Crippen LogP) is 8.76. The highest BCUT2D eigenvalue weighted by atomic mass is 16.3. The molecular weight excluding hydrogens is 528 g/mol. The summed E-state index contributed by atoms with van der Waals surface area (Å²) in [5.41, 5.74) is 6.10. The van der Waals surface area contributed by atoms with Gasteiger partial charge in [0.25, 0.3) is 0 Å². The van der Waals surface area contributed by atoms with Gasteiger partial charge in [0.1, 0.15) is 0 Å². The molecule has 43 heavy (non-hydrogen) atoms. The van der Waals surface area contributed by atoms with Crippen LogP contribution >= 0.6 is 0 Å². The summed E-state index contributed by atoms with van der Waals surface area (Å²) < 4.78 is 0. The van der Waals surface area contributed by atoms with Crippen molar-refractivity contribution in [3.8, 4) is 23.7 Å². The Hall–Kier alpha value is -3.66. The second-order valence-electron chi connectivity index (χ2n) is 13.5. The molecule has 0 heterocycles. The lowest BCUT2D eigenvalue weighted by atomic mass is 9.63. The van der Waals surface area contributed by atoms with Crippen LogP contribution in [0.3, 0.4) is 0 Å². The quantitative estimate of drug-likeness (QED) is 0.195. The summed E-state index contributed by atoms with van der Waals surface area (Å²) in [4.78, 5) is 24.1. The van der Waals surface area contributed by atoms with E-state index in [2.05, 4.69) is 69.6 Å². The second kappa shape index (κ2) is 15.7. The SMILES string of the molecule is CC(C#CC1=C(C)C[C@@H](O)CC1(C)C)=CC=CC(C)=CC=CC=C(C)C=CC=C(C)C#CC1C(C)C(=O)C(=O)CC1(C)C. The van der Waals surface area contributed by atoms with Crippen LogP contribution in [0.15, 0.2) is 94.2 Å². The Morgan fingerprint density at radius 1 is 0.837 bits per heavy atom. The summed E-state index contributed by atoms with van der Waals surface area (Å²) in [6.07, 6.45) is 21.7. The Labute approximate surface area is 261 Å². The number of rotatable bonds is 6. The van der Waals surface area contributed by atoms with Gasteiger partial charge in [-0.15, -0.1) is 0 Å². The molecule has 1 fully saturated rings. The van der Waals surface area contributed by atoms with E-state index in [0.29, 0.717) is 6.42 Å². The molecule has 3 heteroatoms. The van der Waals surface area contributed by atoms with Gasteiger partial charge in [0.15, 0.2) is 5.78 Å². The highest BCUT2D eigenvalue weighted by molar-refractivity contribution is 6.38. The van der Waals surface area contributed by atoms with Gasteiger partial charge in [-0.3, -0.25) is 9.59 Å². The van der Waals surface area contributed by atoms with Crippen LogP contribution in [0.4, 0.5) is 0 Å². The number of hydrogen-bond acceptors (Lipinski definition) is 3. The summed E-state index contributed by atoms with van der Waals surface area (Å²) in [6.45, 7) is 20.3. The van der Waals surface area contributed by atoms with Crippen molar-refractivity contribution in [3.63, 3.8) is 0 Å². The summed E-state index contributed by atoms with van der Waals surface area (Å²) in [6, 6.07) is 0. The van der Waals surface area contributed by atoms with Gasteiger partial charge in [0.2, 0.25) is 5.78 Å². The molecular formula is C40H50O3. The lowest BCUT2D eigenvalue weighted by Crippen LogP contribution is -2.43. The second-order valence-corrected chi connectivity index (χ2v) is 13.5. The predicted molar refractivity (Wildman–Crippen MR) is 181 cm³/mol. The van der Waals surface area contributed by atoms with Crippen LogP contribution in [0.25, 0.3) is 0 Å². The van der Waals surface area contributed by atoms with E-state index in [9.17, 15) is 14.7 Å². The highest BCUT2D eigenvalue weighted by Crippen LogP contribution is 2.41. The lowest BCUT2D eigenvalue weighted by molar-refractivity contribution is -0.145. The van der Waals surface area contributed by atoms with Crippen LogP contribution in [0.5, 0.6) is 0 Å². The summed E-state index contributed by atoms with van der Waals surface area (Å²) in [7, 11) is 0. The molecule has 228 valence electrons. The van der Waals surface area contributed by atoms with Gasteiger partial charge in [-0.05, 0) is 64.0 Å². The molecule has 0 aromatic heterocycles. The maximum absolute atomic E-state index is 12.2. The molecule has 2 rings (SSSR count). The number of carbonyl (C=O) groups excluding carboxylic acids is 2. The van der Waals surface area contributed by atoms with Crippen LogP contribution in [0.2, 0.25) is 0 Å². The van der Waals surface area contributed by atoms with Crippen molar-refractivity contribution in [2.45, 2.75) is 94.6 Å². The first-order chi connectivity index (χ1) is 20.0. The number of ketones is 2. The monoisotopic (exact) mass is 578 g/mol. The van der Waals surface area contributed by atoms with Crippen LogP contribution in [0.1, 0.15) is 88.5 Å². The molecule has 0 radical (unpaired) electrons. The molecule has 1 saturated carbocycles. The number of carbonyl (C=O) groups is 2. The Balaban J connectivity index is 1.94. The molecule has 2 unspecified atom stereocenters. The minimum absolute atomic E-state index is 0.0950. The largest absolute Gasteiger partial charge is 0.393 e. The lowest BCUT2D eigenvalue weighted by Gasteiger charge is -2.37. The third-order valence-electron chi connectivity index (χ3n) is 8.09. The van der Waals surface area contributed by atoms with Crippen molar-refractivity contribution >= 4 is 11.6 Å². The standard InChI is InChI=1S/C40H50O3/c1-28(17-13-19-30(3)21-23-35-32(5)25-34(41)26-39(35,7)8)15-11-12-16-29(2)18-14-20-31(4)22-24-36-33(6)38(43)37(42)27-40(36,9)10/h11-20,33-34,36,41H,25-27H2,1-10H3/t33?,34-,36?/m1/s1. The summed E-state index contributed by atoms with van der Waals surface area (Å²) in [5.74, 6) is 12.0. The fraction of sp³-hybridized carbons (Fsp3) is 0.450. The molecule has 1 N–H and O–H groups in total. The van der Waals surface area contributed by atoms with Gasteiger partial charge < -0.3 is 5.11 Å². The minimum atomic E-state index is -0.365. The topological polar surface area (TPSA) is 54.4 Å². The minimum Gasteiger partial charge on any atom is -0.393 e. The molecule has 0 aliphatic heterocycles. The Kier molecular flexibility index (Phi) is 13.0. The van der Waals surface area contributed by atoms with Crippen LogP contribution in [-0.4, -0.2) is 22.8 Å². The van der Waals surface area contributed by atoms with Crippen LogP contribution < -0.4 is 0 Å². The molecule has 3 nitrogen and oxygen atoms in total. The zero-order valence-electron chi connectivity index (χ0n) is 27.9. The van der Waals surface area contributed by atoms with E-state index in [-0.39, 0.29) is 46.8 Å². The summed E-state index contributed by atoms with van der Waals surface area (Å²) >= 11 is 0. The van der Waals surface area contributed by atoms with Crippen LogP contribution in [-0.2, 0) is 9.59 Å². The van der Waals surface area contributed by atoms with Crippen molar-refractivity contribution in [2.24, 2.45) is 22.7 Å². The van der Waals surface area contributed by atoms with E-state index in [1.54, 1.807) is 0 Å². The average molecular weight is 579 g/mol. The molecule has 0 aromatic carbocycles. The van der Waals surface area contributed by atoms with Gasteiger partial charge in [-0.1, -0.05) is 136 Å². The summed E-state index contributed by atoms with van der Waals surface area (Å²) in [5, 5.41) is 10.1. The number of Topliss-reactive ketones (excluding diaryl/α,β-unsaturated/α-hetero) is 2. The number of aliphatic hydroxyl groups is 1. The Morgan fingerprint density at radius 2 is 1.37 bits per heavy atom. The molecule has 0 aromatic rings. The van der Waals surface area contributed by atoms with Gasteiger partial charge in [0.05, 0.1) is 6.10 Å². The van der Waals surface area contributed by atoms with E-state index in [0.717, 1.165) is 34.3 Å². The third kappa shape index (κ3) is 11.2. The highest BCUT2D eigenvalue weighted by Gasteiger charge is 2.44. The average Bonchev–Trinajstić information content (AvgIpc) is 2.88. The molecule has 0 saturated heterocycles. The molecule has 2 aliphatic rings. The Morgan fingerprint density at radius 3 is 1.91 bits per heavy atom. The number of aliphatic hydroxyl groups excluding tert-OH is 1. The van der Waals surface area contributed by atoms with Crippen LogP contribution in [0, 0.1) is 46.3 Å². The maximum Gasteiger partial charge on any atom is 0.202 e. The van der Waals surface area contributed by atoms with E-state index < -0.39 is 0 Å². The zero-order chi connectivity index (χ0) is 32.4. The third-order valence-corrected chi connectivity index (χ3v) is 8.09. The van der Waals surface area contributed by atoms with Crippen molar-refractivity contribution < 1.29 is 14.7 Å². The maximum atomic E-state index is 12.2. The Bertz CT molecular complexity index is 1450.